The van der Waals surface area contributed by atoms with Crippen LogP contribution in [0.4, 0.5) is 0 Å². The molecule has 3 rings (SSSR count). The molecule has 1 unspecified atom stereocenters. The molecule has 2 aromatic rings. The van der Waals surface area contributed by atoms with Crippen LogP contribution in [0.5, 0.6) is 5.75 Å². The van der Waals surface area contributed by atoms with Crippen LogP contribution >= 0.6 is 0 Å². The van der Waals surface area contributed by atoms with Gasteiger partial charge in [0.25, 0.3) is 11.7 Å². The number of ether oxygens (including phenoxy) is 1. The van der Waals surface area contributed by atoms with Gasteiger partial charge in [-0.25, -0.2) is 0 Å². The van der Waals surface area contributed by atoms with Crippen LogP contribution in [0.15, 0.2) is 60.2 Å². The van der Waals surface area contributed by atoms with Gasteiger partial charge >= 0.3 is 0 Å². The lowest BCUT2D eigenvalue weighted by atomic mass is 9.94. The Hall–Kier alpha value is -3.08. The first-order chi connectivity index (χ1) is 12.6. The van der Waals surface area contributed by atoms with Crippen molar-refractivity contribution < 1.29 is 19.4 Å². The summed E-state index contributed by atoms with van der Waals surface area (Å²) in [5.74, 6) is -0.867. The monoisotopic (exact) mass is 351 g/mol. The lowest BCUT2D eigenvalue weighted by Crippen LogP contribution is -2.30. The molecule has 1 heterocycles. The van der Waals surface area contributed by atoms with Crippen LogP contribution in [0.2, 0.25) is 0 Å². The van der Waals surface area contributed by atoms with Gasteiger partial charge in [0.1, 0.15) is 11.5 Å². The van der Waals surface area contributed by atoms with Gasteiger partial charge in [-0.3, -0.25) is 9.59 Å². The van der Waals surface area contributed by atoms with Crippen molar-refractivity contribution in [2.75, 3.05) is 13.7 Å². The number of rotatable bonds is 5. The number of Topliss-reactive ketones (excluding diaryl/α,β-unsaturated/α-hetero) is 1. The molecule has 1 atom stereocenters. The number of para-hydroxylation sites is 1. The molecule has 5 heteroatoms. The average Bonchev–Trinajstić information content (AvgIpc) is 2.93. The maximum Gasteiger partial charge on any atom is 0.295 e. The van der Waals surface area contributed by atoms with E-state index < -0.39 is 17.7 Å². The van der Waals surface area contributed by atoms with E-state index in [-0.39, 0.29) is 11.3 Å². The Balaban J connectivity index is 2.23. The Morgan fingerprint density at radius 3 is 2.38 bits per heavy atom. The molecule has 0 aromatic heterocycles. The van der Waals surface area contributed by atoms with Crippen LogP contribution in [0.25, 0.3) is 5.76 Å². The van der Waals surface area contributed by atoms with Gasteiger partial charge in [0.2, 0.25) is 0 Å². The van der Waals surface area contributed by atoms with Crippen LogP contribution < -0.4 is 4.74 Å². The highest BCUT2D eigenvalue weighted by atomic mass is 16.5. The number of ketones is 1. The van der Waals surface area contributed by atoms with E-state index in [2.05, 4.69) is 0 Å². The van der Waals surface area contributed by atoms with Gasteiger partial charge < -0.3 is 14.7 Å². The lowest BCUT2D eigenvalue weighted by Gasteiger charge is -2.26. The number of amides is 1. The largest absolute Gasteiger partial charge is 0.507 e. The van der Waals surface area contributed by atoms with Crippen molar-refractivity contribution in [1.82, 2.24) is 4.90 Å². The van der Waals surface area contributed by atoms with E-state index in [0.717, 1.165) is 0 Å². The molecule has 0 bridgehead atoms. The third-order valence-corrected chi connectivity index (χ3v) is 4.49. The molecule has 2 aromatic carbocycles. The standard InChI is InChI=1S/C21H21NO4/c1-3-13-22-18(15-11-7-8-12-16(15)26-2)17(20(24)21(22)25)19(23)14-9-5-4-6-10-14/h4-12,18,23H,3,13H2,1-2H3/b19-17-. The number of methoxy groups -OCH3 is 1. The maximum absolute atomic E-state index is 12.7. The highest BCUT2D eigenvalue weighted by Gasteiger charge is 2.46. The Labute approximate surface area is 152 Å². The smallest absolute Gasteiger partial charge is 0.295 e. The van der Waals surface area contributed by atoms with Gasteiger partial charge in [0.15, 0.2) is 0 Å². The number of hydrogen-bond donors (Lipinski definition) is 1. The minimum absolute atomic E-state index is 0.0964. The second-order valence-corrected chi connectivity index (χ2v) is 6.10. The normalized spacial score (nSPS) is 19.0. The third-order valence-electron chi connectivity index (χ3n) is 4.49. The number of likely N-dealkylation sites (tertiary alicyclic amines) is 1. The number of aliphatic hydroxyl groups is 1. The van der Waals surface area contributed by atoms with E-state index in [4.69, 9.17) is 4.74 Å². The summed E-state index contributed by atoms with van der Waals surface area (Å²) in [5.41, 5.74) is 1.28. The van der Waals surface area contributed by atoms with E-state index in [1.165, 1.54) is 4.90 Å². The van der Waals surface area contributed by atoms with E-state index in [0.29, 0.717) is 29.8 Å². The van der Waals surface area contributed by atoms with Gasteiger partial charge in [0.05, 0.1) is 18.7 Å². The van der Waals surface area contributed by atoms with Crippen LogP contribution in [0.1, 0.15) is 30.5 Å². The van der Waals surface area contributed by atoms with Crippen LogP contribution in [-0.2, 0) is 9.59 Å². The zero-order valence-electron chi connectivity index (χ0n) is 14.8. The molecular formula is C21H21NO4. The number of benzene rings is 2. The fourth-order valence-corrected chi connectivity index (χ4v) is 3.32. The topological polar surface area (TPSA) is 66.8 Å². The SMILES string of the molecule is CCCN1C(=O)C(=O)/C(=C(\O)c2ccccc2)C1c1ccccc1OC. The molecule has 1 N–H and O–H groups in total. The molecule has 1 aliphatic heterocycles. The number of carbonyl (C=O) groups excluding carboxylic acids is 2. The van der Waals surface area contributed by atoms with Gasteiger partial charge in [-0.05, 0) is 12.5 Å². The van der Waals surface area contributed by atoms with Crippen LogP contribution in [-0.4, -0.2) is 35.4 Å². The minimum atomic E-state index is -0.675. The summed E-state index contributed by atoms with van der Waals surface area (Å²) in [5, 5.41) is 10.8. The molecule has 134 valence electrons. The fraction of sp³-hybridized carbons (Fsp3) is 0.238. The summed E-state index contributed by atoms with van der Waals surface area (Å²) in [6.45, 7) is 2.36. The van der Waals surface area contributed by atoms with Crippen molar-refractivity contribution in [3.8, 4) is 5.75 Å². The van der Waals surface area contributed by atoms with Crippen molar-refractivity contribution in [3.63, 3.8) is 0 Å². The van der Waals surface area contributed by atoms with Gasteiger partial charge in [0, 0.05) is 17.7 Å². The first kappa shape index (κ1) is 17.7. The second-order valence-electron chi connectivity index (χ2n) is 6.10. The molecule has 0 aliphatic carbocycles. The second kappa shape index (κ2) is 7.44. The predicted molar refractivity (Wildman–Crippen MR) is 98.7 cm³/mol. The Morgan fingerprint density at radius 1 is 1.08 bits per heavy atom. The molecule has 1 amide bonds. The first-order valence-corrected chi connectivity index (χ1v) is 8.56. The Morgan fingerprint density at radius 2 is 1.73 bits per heavy atom. The average molecular weight is 351 g/mol. The summed E-state index contributed by atoms with van der Waals surface area (Å²) in [6.07, 6.45) is 0.698. The molecule has 26 heavy (non-hydrogen) atoms. The number of hydrogen-bond acceptors (Lipinski definition) is 4. The molecule has 1 aliphatic rings. The van der Waals surface area contributed by atoms with Gasteiger partial charge in [-0.2, -0.15) is 0 Å². The summed E-state index contributed by atoms with van der Waals surface area (Å²) >= 11 is 0. The van der Waals surface area contributed by atoms with Crippen LogP contribution in [0, 0.1) is 0 Å². The first-order valence-electron chi connectivity index (χ1n) is 8.56. The predicted octanol–water partition coefficient (Wildman–Crippen LogP) is 3.53. The molecule has 1 saturated heterocycles. The zero-order chi connectivity index (χ0) is 18.7. The summed E-state index contributed by atoms with van der Waals surface area (Å²) in [6, 6.07) is 15.4. The molecule has 5 nitrogen and oxygen atoms in total. The molecule has 1 fully saturated rings. The van der Waals surface area contributed by atoms with Crippen molar-refractivity contribution in [2.45, 2.75) is 19.4 Å². The van der Waals surface area contributed by atoms with E-state index in [1.54, 1.807) is 37.4 Å². The van der Waals surface area contributed by atoms with Gasteiger partial charge in [-0.1, -0.05) is 55.5 Å². The Kier molecular flexibility index (Phi) is 5.07. The quantitative estimate of drug-likeness (QED) is 0.508. The van der Waals surface area contributed by atoms with Crippen LogP contribution in [0.3, 0.4) is 0 Å². The number of carbonyl (C=O) groups is 2. The maximum atomic E-state index is 12.7. The zero-order valence-corrected chi connectivity index (χ0v) is 14.8. The summed E-state index contributed by atoms with van der Waals surface area (Å²) in [4.78, 5) is 26.9. The molecule has 0 radical (unpaired) electrons. The molecule has 0 saturated carbocycles. The summed E-state index contributed by atoms with van der Waals surface area (Å²) < 4.78 is 5.43. The van der Waals surface area contributed by atoms with Crippen molar-refractivity contribution in [1.29, 1.82) is 0 Å². The summed E-state index contributed by atoms with van der Waals surface area (Å²) in [7, 11) is 1.54. The Bertz CT molecular complexity index is 857. The molecule has 0 spiro atoms. The fourth-order valence-electron chi connectivity index (χ4n) is 3.32. The highest BCUT2D eigenvalue weighted by molar-refractivity contribution is 6.46. The van der Waals surface area contributed by atoms with Crippen molar-refractivity contribution in [2.24, 2.45) is 0 Å². The van der Waals surface area contributed by atoms with E-state index >= 15 is 0 Å². The number of aliphatic hydroxyl groups excluding tert-OH is 1. The minimum Gasteiger partial charge on any atom is -0.507 e. The van der Waals surface area contributed by atoms with E-state index in [1.807, 2.05) is 31.2 Å². The van der Waals surface area contributed by atoms with E-state index in [9.17, 15) is 14.7 Å². The van der Waals surface area contributed by atoms with Crippen molar-refractivity contribution >= 4 is 17.4 Å². The molecular weight excluding hydrogens is 330 g/mol. The third kappa shape index (κ3) is 2.96. The van der Waals surface area contributed by atoms with Crippen molar-refractivity contribution in [3.05, 3.63) is 71.3 Å². The van der Waals surface area contributed by atoms with Gasteiger partial charge in [-0.15, -0.1) is 0 Å². The highest BCUT2D eigenvalue weighted by Crippen LogP contribution is 2.42. The lowest BCUT2D eigenvalue weighted by molar-refractivity contribution is -0.139. The number of nitrogens with zero attached hydrogens (tertiary/aromatic N) is 1.